The number of urea groups is 1. The number of hydrogen-bond donors (Lipinski definition) is 8. The summed E-state index contributed by atoms with van der Waals surface area (Å²) in [6, 6.07) is 4.08. The summed E-state index contributed by atoms with van der Waals surface area (Å²) >= 11 is 0. The van der Waals surface area contributed by atoms with Crippen LogP contribution in [0.5, 0.6) is 0 Å². The van der Waals surface area contributed by atoms with E-state index in [9.17, 15) is 33.6 Å². The number of anilines is 1. The van der Waals surface area contributed by atoms with E-state index in [2.05, 4.69) is 44.9 Å². The molecule has 1 aromatic carbocycles. The van der Waals surface area contributed by atoms with Gasteiger partial charge < -0.3 is 67.1 Å². The van der Waals surface area contributed by atoms with Gasteiger partial charge in [-0.1, -0.05) is 56.7 Å². The molecule has 69 heavy (non-hydrogen) atoms. The Morgan fingerprint density at radius 2 is 1.62 bits per heavy atom. The van der Waals surface area contributed by atoms with Gasteiger partial charge in [0, 0.05) is 51.2 Å². The molecule has 0 bridgehead atoms. The van der Waals surface area contributed by atoms with E-state index in [1.165, 1.54) is 13.0 Å². The van der Waals surface area contributed by atoms with E-state index in [0.29, 0.717) is 43.5 Å². The molecule has 10 atom stereocenters. The lowest BCUT2D eigenvalue weighted by Crippen LogP contribution is -2.51. The highest BCUT2D eigenvalue weighted by molar-refractivity contribution is 5.98. The number of hydrogen-bond acceptors (Lipinski definition) is 13. The van der Waals surface area contributed by atoms with Crippen LogP contribution < -0.4 is 43.4 Å². The van der Waals surface area contributed by atoms with Crippen molar-refractivity contribution in [2.75, 3.05) is 31.6 Å². The van der Waals surface area contributed by atoms with Gasteiger partial charge in [0.15, 0.2) is 0 Å². The Labute approximate surface area is 405 Å². The number of rotatable bonds is 24. The Morgan fingerprint density at radius 3 is 2.29 bits per heavy atom. The SMILES string of the molecule is CC(=O)O[C@@H](C)/C=C\C(=O)N[C@@H]1C[C@H](C)[C@H](C/C=C(C)/C=C/[C@@H]2C[C@]3(CO3)C[C@@H](CC(=O)NCCNC(=O)OCc3ccc(NC(=O)[C@H](CCCNC(N)=O)NC(=O)[C@@H](N)C(C)C)cc3)O2)O[C@@H]1C. The van der Waals surface area contributed by atoms with Crippen molar-refractivity contribution in [3.05, 3.63) is 65.8 Å². The van der Waals surface area contributed by atoms with Gasteiger partial charge in [0.05, 0.1) is 55.1 Å². The Kier molecular flexibility index (Phi) is 22.1. The van der Waals surface area contributed by atoms with Crippen LogP contribution in [0.4, 0.5) is 15.3 Å². The number of allylic oxidation sites excluding steroid dienone is 2. The first-order valence-corrected chi connectivity index (χ1v) is 23.8. The van der Waals surface area contributed by atoms with Crippen LogP contribution in [0.1, 0.15) is 99.0 Å². The lowest BCUT2D eigenvalue weighted by Gasteiger charge is -2.39. The maximum Gasteiger partial charge on any atom is 0.407 e. The van der Waals surface area contributed by atoms with Crippen molar-refractivity contribution in [3.63, 3.8) is 0 Å². The summed E-state index contributed by atoms with van der Waals surface area (Å²) in [6.45, 7) is 13.8. The Hall–Kier alpha value is -5.83. The molecule has 1 spiro atoms. The fraction of sp³-hybridized carbons (Fsp3) is 0.612. The zero-order valence-electron chi connectivity index (χ0n) is 41.0. The molecule has 3 aliphatic rings. The maximum atomic E-state index is 13.1. The van der Waals surface area contributed by atoms with E-state index in [1.807, 2.05) is 26.0 Å². The number of carbonyl (C=O) groups excluding carboxylic acids is 7. The lowest BCUT2D eigenvalue weighted by molar-refractivity contribution is -0.143. The molecule has 1 aromatic rings. The number of amides is 7. The first-order chi connectivity index (χ1) is 32.7. The van der Waals surface area contributed by atoms with Crippen LogP contribution in [0.3, 0.4) is 0 Å². The monoisotopic (exact) mass is 967 g/mol. The zero-order valence-corrected chi connectivity index (χ0v) is 41.0. The smallest absolute Gasteiger partial charge is 0.407 e. The standard InChI is InChI=1S/C49H74N8O12/c1-29(2)44(50)46(62)57-39(9-8-20-53-47(51)63)45(61)55-36-15-13-35(14-16-36)27-65-48(64)54-22-21-52-43(60)24-38-26-49(28-66-49)25-37(69-38)17-10-30(3)11-18-41-31(4)23-40(33(6)68-41)56-42(59)19-12-32(5)67-34(7)58/h10-17,19,29,31-33,37-41,44H,8-9,18,20-28,50H2,1-7H3,(H,52,60)(H,54,64)(H,55,61)(H,56,59)(H,57,62)(H3,51,53,63)/b17-10+,19-12-,30-11+/t31-,32-,33+,37+,38+,39-,40+,41-,44-,49+/m0/s1. The quantitative estimate of drug-likeness (QED) is 0.0243. The zero-order chi connectivity index (χ0) is 50.7. The van der Waals surface area contributed by atoms with Crippen molar-refractivity contribution in [2.24, 2.45) is 23.3 Å². The number of nitrogens with one attached hydrogen (secondary N) is 6. The average Bonchev–Trinajstić information content (AvgIpc) is 4.03. The lowest BCUT2D eigenvalue weighted by atomic mass is 9.88. The number of epoxide rings is 1. The molecular formula is C49H74N8O12. The Morgan fingerprint density at radius 1 is 0.913 bits per heavy atom. The van der Waals surface area contributed by atoms with Gasteiger partial charge in [0.1, 0.15) is 18.8 Å². The van der Waals surface area contributed by atoms with Crippen LogP contribution in [-0.2, 0) is 54.3 Å². The van der Waals surface area contributed by atoms with E-state index >= 15 is 0 Å². The van der Waals surface area contributed by atoms with Gasteiger partial charge >= 0.3 is 18.1 Å². The third kappa shape index (κ3) is 20.3. The van der Waals surface area contributed by atoms with Crippen LogP contribution in [0.25, 0.3) is 0 Å². The van der Waals surface area contributed by atoms with Crippen LogP contribution in [0.2, 0.25) is 0 Å². The van der Waals surface area contributed by atoms with Crippen LogP contribution in [0.15, 0.2) is 60.2 Å². The van der Waals surface area contributed by atoms with Gasteiger partial charge in [-0.3, -0.25) is 24.0 Å². The van der Waals surface area contributed by atoms with Gasteiger partial charge in [0.25, 0.3) is 0 Å². The molecule has 3 heterocycles. The van der Waals surface area contributed by atoms with E-state index in [-0.39, 0.29) is 98.8 Å². The predicted molar refractivity (Wildman–Crippen MR) is 257 cm³/mol. The number of primary amides is 1. The van der Waals surface area contributed by atoms with E-state index in [4.69, 9.17) is 35.2 Å². The molecule has 0 radical (unpaired) electrons. The van der Waals surface area contributed by atoms with Gasteiger partial charge in [0.2, 0.25) is 23.6 Å². The number of ether oxygens (including phenoxy) is 5. The molecule has 4 rings (SSSR count). The van der Waals surface area contributed by atoms with Crippen molar-refractivity contribution in [3.8, 4) is 0 Å². The number of carbonyl (C=O) groups is 7. The highest BCUT2D eigenvalue weighted by Crippen LogP contribution is 2.43. The second-order valence-corrected chi connectivity index (χ2v) is 18.6. The summed E-state index contributed by atoms with van der Waals surface area (Å²) in [7, 11) is 0. The highest BCUT2D eigenvalue weighted by atomic mass is 16.6. The first-order valence-electron chi connectivity index (χ1n) is 23.8. The fourth-order valence-corrected chi connectivity index (χ4v) is 7.99. The molecule has 0 unspecified atom stereocenters. The molecule has 0 aliphatic carbocycles. The summed E-state index contributed by atoms with van der Waals surface area (Å²) in [5.74, 6) is -1.76. The van der Waals surface area contributed by atoms with Gasteiger partial charge in [-0.2, -0.15) is 0 Å². The fourth-order valence-electron chi connectivity index (χ4n) is 7.99. The normalized spacial score (nSPS) is 24.7. The second-order valence-electron chi connectivity index (χ2n) is 18.6. The van der Waals surface area contributed by atoms with Gasteiger partial charge in [-0.25, -0.2) is 9.59 Å². The summed E-state index contributed by atoms with van der Waals surface area (Å²) in [4.78, 5) is 85.7. The number of esters is 1. The summed E-state index contributed by atoms with van der Waals surface area (Å²) in [5, 5.41) is 16.4. The summed E-state index contributed by atoms with van der Waals surface area (Å²) < 4.78 is 28.8. The Bertz CT molecular complexity index is 2010. The van der Waals surface area contributed by atoms with E-state index in [0.717, 1.165) is 12.0 Å². The minimum absolute atomic E-state index is 0.0149. The van der Waals surface area contributed by atoms with Crippen molar-refractivity contribution >= 4 is 47.4 Å². The van der Waals surface area contributed by atoms with E-state index in [1.54, 1.807) is 51.1 Å². The Balaban J connectivity index is 1.13. The average molecular weight is 967 g/mol. The topological polar surface area (TPSA) is 293 Å². The molecule has 20 heteroatoms. The molecule has 7 amide bonds. The highest BCUT2D eigenvalue weighted by Gasteiger charge is 2.51. The molecule has 20 nitrogen and oxygen atoms in total. The van der Waals surface area contributed by atoms with Crippen molar-refractivity contribution in [1.82, 2.24) is 26.6 Å². The largest absolute Gasteiger partial charge is 0.459 e. The molecule has 3 aliphatic heterocycles. The number of nitrogens with two attached hydrogens (primary N) is 2. The van der Waals surface area contributed by atoms with Crippen molar-refractivity contribution in [2.45, 2.75) is 154 Å². The molecule has 10 N–H and O–H groups in total. The minimum Gasteiger partial charge on any atom is -0.459 e. The molecule has 0 aromatic heterocycles. The number of alkyl carbamates (subject to hydrolysis) is 1. The summed E-state index contributed by atoms with van der Waals surface area (Å²) in [5.41, 5.74) is 13.0. The molecule has 3 saturated heterocycles. The first kappa shape index (κ1) is 55.8. The van der Waals surface area contributed by atoms with Crippen LogP contribution in [-0.4, -0.2) is 122 Å². The van der Waals surface area contributed by atoms with Crippen LogP contribution in [0, 0.1) is 11.8 Å². The van der Waals surface area contributed by atoms with Gasteiger partial charge in [-0.05, 0) is 82.1 Å². The van der Waals surface area contributed by atoms with Crippen molar-refractivity contribution < 1.29 is 57.2 Å². The summed E-state index contributed by atoms with van der Waals surface area (Å²) in [6.07, 6.45) is 10.7. The van der Waals surface area contributed by atoms with Crippen LogP contribution >= 0.6 is 0 Å². The molecule has 3 fully saturated rings. The van der Waals surface area contributed by atoms with Gasteiger partial charge in [-0.15, -0.1) is 0 Å². The maximum absolute atomic E-state index is 13.1. The second kappa shape index (κ2) is 27.4. The third-order valence-corrected chi connectivity index (χ3v) is 12.1. The third-order valence-electron chi connectivity index (χ3n) is 12.1. The molecule has 382 valence electrons. The minimum atomic E-state index is -0.914. The molecular weight excluding hydrogens is 893 g/mol. The molecule has 0 saturated carbocycles. The predicted octanol–water partition coefficient (Wildman–Crippen LogP) is 3.29. The van der Waals surface area contributed by atoms with E-state index < -0.39 is 48.1 Å². The number of benzene rings is 1. The van der Waals surface area contributed by atoms with Crippen molar-refractivity contribution in [1.29, 1.82) is 0 Å².